The molecule has 0 saturated carbocycles. The number of hydrogen-bond donors (Lipinski definition) is 1. The topological polar surface area (TPSA) is 73.3 Å². The van der Waals surface area contributed by atoms with Crippen LogP contribution in [0, 0.1) is 0 Å². The zero-order valence-electron chi connectivity index (χ0n) is 10.1. The molecule has 20 heavy (non-hydrogen) atoms. The van der Waals surface area contributed by atoms with Crippen molar-refractivity contribution in [2.75, 3.05) is 5.73 Å². The molecule has 0 atom stereocenters. The van der Waals surface area contributed by atoms with Crippen molar-refractivity contribution >= 4 is 45.3 Å². The van der Waals surface area contributed by atoms with Crippen LogP contribution in [-0.4, -0.2) is 14.6 Å². The van der Waals surface area contributed by atoms with Crippen LogP contribution in [0.4, 0.5) is 5.69 Å². The van der Waals surface area contributed by atoms with Gasteiger partial charge in [-0.15, -0.1) is 11.8 Å². The summed E-state index contributed by atoms with van der Waals surface area (Å²) < 4.78 is 1.28. The third kappa shape index (κ3) is 2.65. The number of fused-ring (bicyclic) bond motifs is 1. The highest BCUT2D eigenvalue weighted by Gasteiger charge is 2.07. The summed E-state index contributed by atoms with van der Waals surface area (Å²) in [7, 11) is 0. The van der Waals surface area contributed by atoms with Crippen molar-refractivity contribution in [3.63, 3.8) is 0 Å². The van der Waals surface area contributed by atoms with Crippen LogP contribution in [0.5, 0.6) is 0 Å². The fourth-order valence-corrected chi connectivity index (χ4v) is 3.46. The molecule has 2 heterocycles. The van der Waals surface area contributed by atoms with Crippen LogP contribution in [0.1, 0.15) is 5.69 Å². The summed E-state index contributed by atoms with van der Waals surface area (Å²) in [5.41, 5.74) is 8.50. The van der Waals surface area contributed by atoms with Gasteiger partial charge in [0.05, 0.1) is 10.7 Å². The van der Waals surface area contributed by atoms with Crippen LogP contribution in [-0.2, 0) is 5.75 Å². The van der Waals surface area contributed by atoms with Crippen LogP contribution in [0.25, 0.3) is 4.96 Å². The molecule has 8 heteroatoms. The molecule has 2 aromatic heterocycles. The van der Waals surface area contributed by atoms with Crippen molar-refractivity contribution < 1.29 is 0 Å². The Morgan fingerprint density at radius 2 is 2.25 bits per heavy atom. The Morgan fingerprint density at radius 1 is 1.40 bits per heavy atom. The van der Waals surface area contributed by atoms with E-state index in [0.717, 1.165) is 4.90 Å². The molecule has 3 aromatic rings. The zero-order valence-corrected chi connectivity index (χ0v) is 12.5. The van der Waals surface area contributed by atoms with Gasteiger partial charge in [0, 0.05) is 22.4 Å². The molecule has 1 aromatic carbocycles. The largest absolute Gasteiger partial charge is 0.399 e. The van der Waals surface area contributed by atoms with Gasteiger partial charge < -0.3 is 5.73 Å². The fraction of sp³-hybridized carbons (Fsp3) is 0.0833. The Balaban J connectivity index is 1.86. The minimum absolute atomic E-state index is 0.175. The van der Waals surface area contributed by atoms with Crippen LogP contribution in [0.15, 0.2) is 39.5 Å². The normalized spacial score (nSPS) is 11.1. The standard InChI is InChI=1S/C12H9ClN4OS2/c13-9-2-1-7(14)3-10(9)19-5-8-4-11(18)17-12(16-8)20-6-15-17/h1-4,6H,5,14H2. The number of benzene rings is 1. The smallest absolute Gasteiger partial charge is 0.275 e. The maximum absolute atomic E-state index is 11.8. The van der Waals surface area contributed by atoms with Crippen molar-refractivity contribution in [3.8, 4) is 0 Å². The molecule has 0 aliphatic carbocycles. The van der Waals surface area contributed by atoms with E-state index in [1.165, 1.54) is 33.7 Å². The lowest BCUT2D eigenvalue weighted by Gasteiger charge is -2.05. The van der Waals surface area contributed by atoms with E-state index in [1.54, 1.807) is 17.6 Å². The van der Waals surface area contributed by atoms with Crippen LogP contribution in [0.3, 0.4) is 0 Å². The van der Waals surface area contributed by atoms with Gasteiger partial charge >= 0.3 is 0 Å². The van der Waals surface area contributed by atoms with Crippen LogP contribution in [0.2, 0.25) is 5.02 Å². The minimum atomic E-state index is -0.175. The Morgan fingerprint density at radius 3 is 3.10 bits per heavy atom. The lowest BCUT2D eigenvalue weighted by Crippen LogP contribution is -2.14. The highest BCUT2D eigenvalue weighted by atomic mass is 35.5. The summed E-state index contributed by atoms with van der Waals surface area (Å²) >= 11 is 8.92. The molecule has 0 saturated heterocycles. The van der Waals surface area contributed by atoms with Gasteiger partial charge in [0.15, 0.2) is 0 Å². The number of anilines is 1. The van der Waals surface area contributed by atoms with E-state index in [-0.39, 0.29) is 5.56 Å². The van der Waals surface area contributed by atoms with Gasteiger partial charge in [-0.1, -0.05) is 22.9 Å². The molecule has 0 amide bonds. The number of aromatic nitrogens is 3. The van der Waals surface area contributed by atoms with Crippen molar-refractivity contribution in [1.82, 2.24) is 14.6 Å². The van der Waals surface area contributed by atoms with Crippen LogP contribution >= 0.6 is 34.7 Å². The van der Waals surface area contributed by atoms with E-state index >= 15 is 0 Å². The predicted molar refractivity (Wildman–Crippen MR) is 82.6 cm³/mol. The molecule has 2 N–H and O–H groups in total. The van der Waals surface area contributed by atoms with Gasteiger partial charge in [-0.3, -0.25) is 4.79 Å². The Hall–Kier alpha value is -1.57. The van der Waals surface area contributed by atoms with Gasteiger partial charge in [-0.2, -0.15) is 9.61 Å². The van der Waals surface area contributed by atoms with Gasteiger partial charge in [-0.05, 0) is 18.2 Å². The maximum Gasteiger partial charge on any atom is 0.275 e. The fourth-order valence-electron chi connectivity index (χ4n) is 1.66. The van der Waals surface area contributed by atoms with E-state index in [4.69, 9.17) is 17.3 Å². The Kier molecular flexibility index (Phi) is 3.64. The SMILES string of the molecule is Nc1ccc(Cl)c(SCc2cc(=O)n3ncsc3n2)c1. The lowest BCUT2D eigenvalue weighted by molar-refractivity contribution is 0.888. The molecule has 3 rings (SSSR count). The van der Waals surface area contributed by atoms with Crippen LogP contribution < -0.4 is 11.3 Å². The first-order valence-corrected chi connectivity index (χ1v) is 7.88. The molecule has 0 bridgehead atoms. The summed E-state index contributed by atoms with van der Waals surface area (Å²) in [4.78, 5) is 17.7. The second-order valence-electron chi connectivity index (χ2n) is 4.00. The molecule has 0 spiro atoms. The molecule has 0 radical (unpaired) electrons. The van der Waals surface area contributed by atoms with Gasteiger partial charge in [0.25, 0.3) is 5.56 Å². The van der Waals surface area contributed by atoms with E-state index < -0.39 is 0 Å². The van der Waals surface area contributed by atoms with Crippen molar-refractivity contribution in [1.29, 1.82) is 0 Å². The quantitative estimate of drug-likeness (QED) is 0.592. The van der Waals surface area contributed by atoms with Crippen molar-refractivity contribution in [2.24, 2.45) is 0 Å². The lowest BCUT2D eigenvalue weighted by atomic mass is 10.3. The van der Waals surface area contributed by atoms with E-state index in [9.17, 15) is 4.79 Å². The number of nitrogen functional groups attached to an aromatic ring is 1. The maximum atomic E-state index is 11.8. The van der Waals surface area contributed by atoms with E-state index in [2.05, 4.69) is 10.1 Å². The monoisotopic (exact) mass is 324 g/mol. The zero-order chi connectivity index (χ0) is 14.1. The highest BCUT2D eigenvalue weighted by molar-refractivity contribution is 7.98. The molecular weight excluding hydrogens is 316 g/mol. The molecule has 0 aliphatic heterocycles. The summed E-state index contributed by atoms with van der Waals surface area (Å²) in [5.74, 6) is 0.548. The third-order valence-electron chi connectivity index (χ3n) is 2.57. The predicted octanol–water partition coefficient (Wildman–Crippen LogP) is 2.68. The molecule has 0 fully saturated rings. The first kappa shape index (κ1) is 13.4. The first-order chi connectivity index (χ1) is 9.63. The second kappa shape index (κ2) is 5.43. The minimum Gasteiger partial charge on any atom is -0.399 e. The summed E-state index contributed by atoms with van der Waals surface area (Å²) in [5, 5.41) is 4.56. The summed E-state index contributed by atoms with van der Waals surface area (Å²) in [6.07, 6.45) is 0. The summed E-state index contributed by atoms with van der Waals surface area (Å²) in [6, 6.07) is 6.80. The molecule has 5 nitrogen and oxygen atoms in total. The Bertz CT molecular complexity index is 830. The molecule has 0 unspecified atom stereocenters. The first-order valence-electron chi connectivity index (χ1n) is 5.64. The average molecular weight is 325 g/mol. The second-order valence-corrected chi connectivity index (χ2v) is 6.23. The number of thioether (sulfide) groups is 1. The van der Waals surface area contributed by atoms with E-state index in [0.29, 0.717) is 27.1 Å². The number of rotatable bonds is 3. The Labute approximate surface area is 127 Å². The molecular formula is C12H9ClN4OS2. The number of nitrogens with zero attached hydrogens (tertiary/aromatic N) is 3. The van der Waals surface area contributed by atoms with E-state index in [1.807, 2.05) is 6.07 Å². The van der Waals surface area contributed by atoms with Crippen molar-refractivity contribution in [2.45, 2.75) is 10.6 Å². The molecule has 102 valence electrons. The summed E-state index contributed by atoms with van der Waals surface area (Å²) in [6.45, 7) is 0. The van der Waals surface area contributed by atoms with Gasteiger partial charge in [0.2, 0.25) is 4.96 Å². The van der Waals surface area contributed by atoms with Gasteiger partial charge in [-0.25, -0.2) is 4.98 Å². The number of nitrogens with two attached hydrogens (primary N) is 1. The molecule has 0 aliphatic rings. The van der Waals surface area contributed by atoms with Gasteiger partial charge in [0.1, 0.15) is 5.51 Å². The van der Waals surface area contributed by atoms with Crippen molar-refractivity contribution in [3.05, 3.63) is 50.8 Å². The highest BCUT2D eigenvalue weighted by Crippen LogP contribution is 2.30. The average Bonchev–Trinajstić information content (AvgIpc) is 2.89. The number of halogens is 1. The number of hydrogen-bond acceptors (Lipinski definition) is 6. The third-order valence-corrected chi connectivity index (χ3v) is 4.78.